The number of nitrogens with zero attached hydrogens (tertiary/aromatic N) is 1. The van der Waals surface area contributed by atoms with Crippen LogP contribution in [-0.2, 0) is 27.7 Å². The number of nitrogens with one attached hydrogen (secondary N) is 1. The third-order valence-electron chi connectivity index (χ3n) is 5.22. The molecule has 0 spiro atoms. The van der Waals surface area contributed by atoms with Gasteiger partial charge in [0.15, 0.2) is 0 Å². The van der Waals surface area contributed by atoms with E-state index in [0.717, 1.165) is 24.9 Å². The minimum atomic E-state index is -3.66. The summed E-state index contributed by atoms with van der Waals surface area (Å²) in [4.78, 5) is 13.0. The van der Waals surface area contributed by atoms with Crippen LogP contribution in [0.4, 0.5) is 5.69 Å². The summed E-state index contributed by atoms with van der Waals surface area (Å²) >= 11 is 0. The molecule has 1 aliphatic carbocycles. The molecule has 1 aliphatic heterocycles. The van der Waals surface area contributed by atoms with Crippen LogP contribution in [0.3, 0.4) is 0 Å². The van der Waals surface area contributed by atoms with Crippen LogP contribution >= 0.6 is 0 Å². The van der Waals surface area contributed by atoms with Crippen molar-refractivity contribution in [3.63, 3.8) is 0 Å². The third-order valence-corrected chi connectivity index (χ3v) is 7.14. The molecule has 26 heavy (non-hydrogen) atoms. The Hall–Kier alpha value is -2.18. The van der Waals surface area contributed by atoms with Crippen molar-refractivity contribution in [3.05, 3.63) is 59.7 Å². The summed E-state index contributed by atoms with van der Waals surface area (Å²) in [6.45, 7) is 0.375. The Morgan fingerprint density at radius 1 is 1.00 bits per heavy atom. The number of hydrogen-bond acceptors (Lipinski definition) is 3. The SMILES string of the molecule is O=C(Nc1ccc2c(c1)CCC2)[C@@H]1CCCN1S(=O)(=O)c1ccccc1. The fourth-order valence-corrected chi connectivity index (χ4v) is 5.57. The molecule has 2 aromatic rings. The van der Waals surface area contributed by atoms with Crippen LogP contribution < -0.4 is 5.32 Å². The lowest BCUT2D eigenvalue weighted by Gasteiger charge is -2.23. The standard InChI is InChI=1S/C20H22N2O3S/c23-20(21-17-12-11-15-6-4-7-16(15)14-17)19-10-5-13-22(19)26(24,25)18-8-2-1-3-9-18/h1-3,8-9,11-12,14,19H,4-7,10,13H2,(H,21,23)/t19-/m0/s1. The Labute approximate surface area is 154 Å². The molecule has 2 aromatic carbocycles. The first kappa shape index (κ1) is 17.2. The number of anilines is 1. The van der Waals surface area contributed by atoms with Crippen molar-refractivity contribution >= 4 is 21.6 Å². The summed E-state index contributed by atoms with van der Waals surface area (Å²) in [6.07, 6.45) is 4.52. The zero-order valence-corrected chi connectivity index (χ0v) is 15.3. The molecule has 1 amide bonds. The number of carbonyl (C=O) groups is 1. The van der Waals surface area contributed by atoms with Crippen molar-refractivity contribution in [3.8, 4) is 0 Å². The molecule has 0 radical (unpaired) electrons. The average molecular weight is 370 g/mol. The first-order valence-corrected chi connectivity index (χ1v) is 10.5. The molecule has 6 heteroatoms. The minimum absolute atomic E-state index is 0.234. The van der Waals surface area contributed by atoms with Crippen molar-refractivity contribution in [1.29, 1.82) is 0 Å². The molecule has 136 valence electrons. The molecule has 4 rings (SSSR count). The highest BCUT2D eigenvalue weighted by Crippen LogP contribution is 2.28. The van der Waals surface area contributed by atoms with E-state index in [9.17, 15) is 13.2 Å². The van der Waals surface area contributed by atoms with Gasteiger partial charge in [-0.15, -0.1) is 0 Å². The number of hydrogen-bond donors (Lipinski definition) is 1. The average Bonchev–Trinajstić information content (AvgIpc) is 3.31. The fourth-order valence-electron chi connectivity index (χ4n) is 3.89. The van der Waals surface area contributed by atoms with Gasteiger partial charge in [0, 0.05) is 12.2 Å². The molecule has 1 N–H and O–H groups in total. The zero-order chi connectivity index (χ0) is 18.1. The monoisotopic (exact) mass is 370 g/mol. The van der Waals surface area contributed by atoms with Crippen molar-refractivity contribution in [2.45, 2.75) is 43.0 Å². The van der Waals surface area contributed by atoms with Crippen molar-refractivity contribution in [2.75, 3.05) is 11.9 Å². The van der Waals surface area contributed by atoms with Gasteiger partial charge in [0.25, 0.3) is 0 Å². The van der Waals surface area contributed by atoms with E-state index >= 15 is 0 Å². The first-order chi connectivity index (χ1) is 12.6. The summed E-state index contributed by atoms with van der Waals surface area (Å²) in [5.74, 6) is -0.250. The molecule has 1 saturated heterocycles. The molecular weight excluding hydrogens is 348 g/mol. The number of rotatable bonds is 4. The van der Waals surface area contributed by atoms with Gasteiger partial charge < -0.3 is 5.32 Å². The number of sulfonamides is 1. The molecule has 0 unspecified atom stereocenters. The van der Waals surface area contributed by atoms with Gasteiger partial charge in [-0.1, -0.05) is 24.3 Å². The number of amides is 1. The number of fused-ring (bicyclic) bond motifs is 1. The van der Waals surface area contributed by atoms with Crippen LogP contribution in [0.25, 0.3) is 0 Å². The lowest BCUT2D eigenvalue weighted by molar-refractivity contribution is -0.119. The molecule has 1 heterocycles. The Morgan fingerprint density at radius 3 is 2.58 bits per heavy atom. The topological polar surface area (TPSA) is 66.5 Å². The van der Waals surface area contributed by atoms with Gasteiger partial charge in [0.05, 0.1) is 4.90 Å². The van der Waals surface area contributed by atoms with E-state index in [0.29, 0.717) is 19.4 Å². The highest BCUT2D eigenvalue weighted by Gasteiger charge is 2.39. The molecule has 2 aliphatic rings. The largest absolute Gasteiger partial charge is 0.325 e. The maximum atomic E-state index is 12.9. The van der Waals surface area contributed by atoms with E-state index in [-0.39, 0.29) is 10.8 Å². The molecule has 0 saturated carbocycles. The van der Waals surface area contributed by atoms with Gasteiger partial charge in [0.1, 0.15) is 6.04 Å². The Morgan fingerprint density at radius 2 is 1.77 bits per heavy atom. The second-order valence-corrected chi connectivity index (χ2v) is 8.80. The Kier molecular flexibility index (Phi) is 4.54. The molecule has 5 nitrogen and oxygen atoms in total. The summed E-state index contributed by atoms with van der Waals surface area (Å²) in [5, 5.41) is 2.92. The Balaban J connectivity index is 1.54. The van der Waals surface area contributed by atoms with E-state index in [1.54, 1.807) is 30.3 Å². The van der Waals surface area contributed by atoms with Gasteiger partial charge >= 0.3 is 0 Å². The van der Waals surface area contributed by atoms with E-state index in [4.69, 9.17) is 0 Å². The normalized spacial score (nSPS) is 20.1. The molecule has 0 aromatic heterocycles. The Bertz CT molecular complexity index is 925. The van der Waals surface area contributed by atoms with Crippen molar-refractivity contribution < 1.29 is 13.2 Å². The van der Waals surface area contributed by atoms with Gasteiger partial charge in [-0.05, 0) is 67.5 Å². The first-order valence-electron chi connectivity index (χ1n) is 9.05. The van der Waals surface area contributed by atoms with E-state index in [2.05, 4.69) is 11.4 Å². The van der Waals surface area contributed by atoms with Crippen LogP contribution in [0.1, 0.15) is 30.4 Å². The van der Waals surface area contributed by atoms with Gasteiger partial charge in [-0.25, -0.2) is 8.42 Å². The predicted molar refractivity (Wildman–Crippen MR) is 100 cm³/mol. The quantitative estimate of drug-likeness (QED) is 0.900. The van der Waals surface area contributed by atoms with Crippen LogP contribution in [0.15, 0.2) is 53.4 Å². The van der Waals surface area contributed by atoms with E-state index < -0.39 is 16.1 Å². The smallest absolute Gasteiger partial charge is 0.243 e. The molecule has 0 bridgehead atoms. The minimum Gasteiger partial charge on any atom is -0.325 e. The van der Waals surface area contributed by atoms with Crippen molar-refractivity contribution in [1.82, 2.24) is 4.31 Å². The summed E-state index contributed by atoms with van der Waals surface area (Å²) < 4.78 is 27.1. The molecule has 1 atom stereocenters. The fraction of sp³-hybridized carbons (Fsp3) is 0.350. The maximum absolute atomic E-state index is 12.9. The number of aryl methyl sites for hydroxylation is 2. The highest BCUT2D eigenvalue weighted by molar-refractivity contribution is 7.89. The van der Waals surface area contributed by atoms with Crippen LogP contribution in [0.2, 0.25) is 0 Å². The number of carbonyl (C=O) groups excluding carboxylic acids is 1. The lowest BCUT2D eigenvalue weighted by atomic mass is 10.1. The van der Waals surface area contributed by atoms with E-state index in [1.165, 1.54) is 15.4 Å². The van der Waals surface area contributed by atoms with Crippen molar-refractivity contribution in [2.24, 2.45) is 0 Å². The second-order valence-electron chi connectivity index (χ2n) is 6.91. The van der Waals surface area contributed by atoms with Gasteiger partial charge in [-0.3, -0.25) is 4.79 Å². The van der Waals surface area contributed by atoms with E-state index in [1.807, 2.05) is 12.1 Å². The molecule has 1 fully saturated rings. The lowest BCUT2D eigenvalue weighted by Crippen LogP contribution is -2.43. The second kappa shape index (κ2) is 6.85. The van der Waals surface area contributed by atoms with Gasteiger partial charge in [-0.2, -0.15) is 4.31 Å². The van der Waals surface area contributed by atoms with Crippen LogP contribution in [0.5, 0.6) is 0 Å². The third kappa shape index (κ3) is 3.15. The summed E-state index contributed by atoms with van der Waals surface area (Å²) in [6, 6.07) is 13.6. The molecular formula is C20H22N2O3S. The summed E-state index contributed by atoms with van der Waals surface area (Å²) in [5.41, 5.74) is 3.37. The maximum Gasteiger partial charge on any atom is 0.243 e. The highest BCUT2D eigenvalue weighted by atomic mass is 32.2. The van der Waals surface area contributed by atoms with Gasteiger partial charge in [0.2, 0.25) is 15.9 Å². The zero-order valence-electron chi connectivity index (χ0n) is 14.5. The van der Waals surface area contributed by atoms with Crippen LogP contribution in [0, 0.1) is 0 Å². The number of benzene rings is 2. The summed E-state index contributed by atoms with van der Waals surface area (Å²) in [7, 11) is -3.66. The predicted octanol–water partition coefficient (Wildman–Crippen LogP) is 2.97. The van der Waals surface area contributed by atoms with Crippen LogP contribution in [-0.4, -0.2) is 31.2 Å².